The number of nitrogens with one attached hydrogen (secondary N) is 4. The van der Waals surface area contributed by atoms with E-state index in [1.54, 1.807) is 71.0 Å². The van der Waals surface area contributed by atoms with Crippen LogP contribution in [-0.2, 0) is 20.9 Å². The van der Waals surface area contributed by atoms with Crippen LogP contribution in [0.15, 0.2) is 90.7 Å². The highest BCUT2D eigenvalue weighted by atomic mass is 32.1. The van der Waals surface area contributed by atoms with Gasteiger partial charge in [0.1, 0.15) is 23.5 Å². The van der Waals surface area contributed by atoms with E-state index in [0.717, 1.165) is 21.7 Å². The zero-order valence-corrected chi connectivity index (χ0v) is 35.9. The van der Waals surface area contributed by atoms with Crippen molar-refractivity contribution in [2.24, 2.45) is 5.41 Å². The lowest BCUT2D eigenvalue weighted by atomic mass is 9.85. The van der Waals surface area contributed by atoms with Crippen LogP contribution in [0.3, 0.4) is 0 Å². The smallest absolute Gasteiger partial charge is 0.274 e. The lowest BCUT2D eigenvalue weighted by molar-refractivity contribution is -0.144. The van der Waals surface area contributed by atoms with E-state index in [1.807, 2.05) is 57.5 Å². The van der Waals surface area contributed by atoms with Gasteiger partial charge in [0.25, 0.3) is 5.91 Å². The maximum atomic E-state index is 14.0. The van der Waals surface area contributed by atoms with Gasteiger partial charge in [0.05, 0.1) is 53.3 Å². The van der Waals surface area contributed by atoms with Gasteiger partial charge in [0.2, 0.25) is 23.6 Å². The first-order chi connectivity index (χ1) is 29.9. The molecule has 6 aromatic rings. The number of hydrogen-bond acceptors (Lipinski definition) is 12. The molecule has 0 aliphatic carbocycles. The van der Waals surface area contributed by atoms with E-state index in [4.69, 9.17) is 9.47 Å². The van der Waals surface area contributed by atoms with Crippen molar-refractivity contribution >= 4 is 40.7 Å². The van der Waals surface area contributed by atoms with Crippen molar-refractivity contribution in [2.75, 3.05) is 25.6 Å². The van der Waals surface area contributed by atoms with Crippen LogP contribution in [0.1, 0.15) is 61.8 Å². The Hall–Kier alpha value is -7.01. The molecule has 5 heterocycles. The summed E-state index contributed by atoms with van der Waals surface area (Å²) in [5.41, 5.74) is 6.67. The third kappa shape index (κ3) is 10.3. The molecule has 2 aromatic carbocycles. The number of likely N-dealkylation sites (tertiary alicyclic amines) is 1. The monoisotopic (exact) mass is 856 g/mol. The van der Waals surface area contributed by atoms with E-state index >= 15 is 0 Å². The summed E-state index contributed by atoms with van der Waals surface area (Å²) >= 11 is 1.59. The predicted octanol–water partition coefficient (Wildman–Crippen LogP) is 6.23. The SMILES string of the molecule is COc1cc(-c2nccc(OCCC(=O)N[C@H](C(=O)N3CCC[C@H]3C(=O)NCc3ccc(-c4scnc4C)cc3)C(C)(C)C)n2)ccc1NC(=O)c1cccc(-c2ccn[nH]2)n1. The molecule has 2 atom stereocenters. The Kier molecular flexibility index (Phi) is 13.3. The van der Waals surface area contributed by atoms with Crippen LogP contribution < -0.4 is 25.4 Å². The Morgan fingerprint density at radius 3 is 2.50 bits per heavy atom. The van der Waals surface area contributed by atoms with Crippen molar-refractivity contribution < 1.29 is 28.7 Å². The van der Waals surface area contributed by atoms with E-state index in [9.17, 15) is 19.2 Å². The summed E-state index contributed by atoms with van der Waals surface area (Å²) in [6.07, 6.45) is 4.31. The summed E-state index contributed by atoms with van der Waals surface area (Å²) in [6.45, 7) is 8.35. The van der Waals surface area contributed by atoms with Gasteiger partial charge in [-0.1, -0.05) is 51.1 Å². The molecule has 1 saturated heterocycles. The van der Waals surface area contributed by atoms with Crippen molar-refractivity contribution in [3.8, 4) is 44.8 Å². The lowest BCUT2D eigenvalue weighted by Crippen LogP contribution is -2.57. The number of methoxy groups -OCH3 is 1. The number of benzene rings is 2. The zero-order chi connectivity index (χ0) is 43.8. The van der Waals surface area contributed by atoms with Gasteiger partial charge in [0.15, 0.2) is 5.82 Å². The molecular formula is C45H48N10O6S. The van der Waals surface area contributed by atoms with Gasteiger partial charge in [-0.15, -0.1) is 11.3 Å². The summed E-state index contributed by atoms with van der Waals surface area (Å²) in [7, 11) is 1.49. The number of carbonyl (C=O) groups excluding carboxylic acids is 4. The molecule has 0 radical (unpaired) electrons. The molecule has 1 fully saturated rings. The summed E-state index contributed by atoms with van der Waals surface area (Å²) in [5, 5.41) is 15.6. The largest absolute Gasteiger partial charge is 0.495 e. The number of ether oxygens (including phenoxy) is 2. The number of H-pyrrole nitrogens is 1. The van der Waals surface area contributed by atoms with Gasteiger partial charge in [0, 0.05) is 37.1 Å². The number of aromatic nitrogens is 6. The van der Waals surface area contributed by atoms with Gasteiger partial charge >= 0.3 is 0 Å². The number of anilines is 1. The van der Waals surface area contributed by atoms with Crippen LogP contribution in [0.2, 0.25) is 0 Å². The van der Waals surface area contributed by atoms with E-state index in [0.29, 0.717) is 60.1 Å². The van der Waals surface area contributed by atoms with Gasteiger partial charge in [-0.3, -0.25) is 24.3 Å². The van der Waals surface area contributed by atoms with Crippen molar-refractivity contribution in [3.05, 3.63) is 108 Å². The topological polar surface area (TPSA) is 206 Å². The van der Waals surface area contributed by atoms with Crippen LogP contribution in [0.25, 0.3) is 33.2 Å². The Balaban J connectivity index is 0.917. The number of thiazole rings is 1. The van der Waals surface area contributed by atoms with Crippen molar-refractivity contribution in [1.82, 2.24) is 45.7 Å². The molecule has 320 valence electrons. The molecule has 7 rings (SSSR count). The van der Waals surface area contributed by atoms with Crippen molar-refractivity contribution in [1.29, 1.82) is 0 Å². The summed E-state index contributed by atoms with van der Waals surface area (Å²) < 4.78 is 11.4. The second-order valence-electron chi connectivity index (χ2n) is 15.8. The fourth-order valence-electron chi connectivity index (χ4n) is 7.05. The Bertz CT molecular complexity index is 2540. The summed E-state index contributed by atoms with van der Waals surface area (Å²) in [4.78, 5) is 74.3. The Morgan fingerprint density at radius 1 is 0.968 bits per heavy atom. The second-order valence-corrected chi connectivity index (χ2v) is 16.7. The molecule has 0 bridgehead atoms. The quantitative estimate of drug-likeness (QED) is 0.0911. The molecule has 0 unspecified atom stereocenters. The minimum absolute atomic E-state index is 0.0171. The van der Waals surface area contributed by atoms with Crippen LogP contribution in [0.5, 0.6) is 11.6 Å². The fraction of sp³-hybridized carbons (Fsp3) is 0.311. The molecule has 16 nitrogen and oxygen atoms in total. The average molecular weight is 857 g/mol. The first kappa shape index (κ1) is 43.1. The number of hydrogen-bond donors (Lipinski definition) is 4. The number of amides is 4. The zero-order valence-electron chi connectivity index (χ0n) is 35.1. The average Bonchev–Trinajstić information content (AvgIpc) is 4.08. The van der Waals surface area contributed by atoms with E-state index in [2.05, 4.69) is 46.1 Å². The Labute approximate surface area is 362 Å². The minimum Gasteiger partial charge on any atom is -0.495 e. The normalized spacial score (nSPS) is 14.2. The molecule has 0 spiro atoms. The molecule has 1 aliphatic rings. The maximum Gasteiger partial charge on any atom is 0.274 e. The number of carbonyl (C=O) groups is 4. The van der Waals surface area contributed by atoms with Crippen LogP contribution in [0.4, 0.5) is 5.69 Å². The van der Waals surface area contributed by atoms with Gasteiger partial charge in [-0.05, 0) is 72.7 Å². The molecule has 17 heteroatoms. The first-order valence-electron chi connectivity index (χ1n) is 20.2. The van der Waals surface area contributed by atoms with Crippen molar-refractivity contribution in [3.63, 3.8) is 0 Å². The third-order valence-electron chi connectivity index (χ3n) is 10.4. The highest BCUT2D eigenvalue weighted by molar-refractivity contribution is 7.13. The molecule has 4 aromatic heterocycles. The van der Waals surface area contributed by atoms with E-state index < -0.39 is 23.4 Å². The van der Waals surface area contributed by atoms with Crippen LogP contribution >= 0.6 is 11.3 Å². The number of aryl methyl sites for hydroxylation is 1. The molecule has 1 aliphatic heterocycles. The van der Waals surface area contributed by atoms with Gasteiger partial charge in [-0.25, -0.2) is 15.0 Å². The van der Waals surface area contributed by atoms with Crippen LogP contribution in [-0.4, -0.2) is 91.0 Å². The highest BCUT2D eigenvalue weighted by Crippen LogP contribution is 2.31. The second kappa shape index (κ2) is 19.1. The summed E-state index contributed by atoms with van der Waals surface area (Å²) in [5.74, 6) is -0.382. The first-order valence-corrected chi connectivity index (χ1v) is 21.1. The van der Waals surface area contributed by atoms with E-state index in [1.165, 1.54) is 13.3 Å². The minimum atomic E-state index is -0.872. The fourth-order valence-corrected chi connectivity index (χ4v) is 7.86. The number of rotatable bonds is 15. The predicted molar refractivity (Wildman–Crippen MR) is 234 cm³/mol. The van der Waals surface area contributed by atoms with Crippen LogP contribution in [0, 0.1) is 12.3 Å². The molecule has 4 amide bonds. The Morgan fingerprint density at radius 2 is 1.77 bits per heavy atom. The van der Waals surface area contributed by atoms with Gasteiger partial charge in [-0.2, -0.15) is 10.1 Å². The number of nitrogens with zero attached hydrogens (tertiary/aromatic N) is 6. The van der Waals surface area contributed by atoms with E-state index in [-0.39, 0.29) is 42.3 Å². The highest BCUT2D eigenvalue weighted by Gasteiger charge is 2.41. The molecule has 4 N–H and O–H groups in total. The van der Waals surface area contributed by atoms with Crippen molar-refractivity contribution in [2.45, 2.75) is 65.6 Å². The third-order valence-corrected chi connectivity index (χ3v) is 11.3. The lowest BCUT2D eigenvalue weighted by Gasteiger charge is -2.35. The molecule has 62 heavy (non-hydrogen) atoms. The maximum absolute atomic E-state index is 14.0. The summed E-state index contributed by atoms with van der Waals surface area (Å²) in [6, 6.07) is 20.1. The molecular weight excluding hydrogens is 809 g/mol. The van der Waals surface area contributed by atoms with Gasteiger partial charge < -0.3 is 30.3 Å². The number of aromatic amines is 1. The number of pyridine rings is 1. The standard InChI is InChI=1S/C45H48N10O6S/c1-27-39(62-26-48-27)29-13-11-28(12-14-29)25-47-43(58)35-10-7-22-55(35)44(59)40(45(2,3)4)52-37(56)19-23-61-38-18-20-46-41(53-38)30-15-16-33(36(24-30)60-5)51-42(57)34-9-6-8-31(50-34)32-17-21-49-54-32/h6,8-9,11-18,20-21,24,26,35,40H,7,10,19,22-23,25H2,1-5H3,(H,47,58)(H,49,54)(H,51,57)(H,52,56)/t35-,40+/m0/s1. The molecule has 0 saturated carbocycles.